The van der Waals surface area contributed by atoms with Crippen LogP contribution < -0.4 is 15.8 Å². The van der Waals surface area contributed by atoms with E-state index in [0.717, 1.165) is 0 Å². The fourth-order valence-electron chi connectivity index (χ4n) is 1.31. The zero-order valence-corrected chi connectivity index (χ0v) is 10.6. The summed E-state index contributed by atoms with van der Waals surface area (Å²) in [6, 6.07) is 6.72. The van der Waals surface area contributed by atoms with E-state index in [9.17, 15) is 4.79 Å². The van der Waals surface area contributed by atoms with E-state index in [0.29, 0.717) is 11.3 Å². The van der Waals surface area contributed by atoms with E-state index < -0.39 is 5.54 Å². The van der Waals surface area contributed by atoms with E-state index in [2.05, 4.69) is 10.5 Å². The van der Waals surface area contributed by atoms with Crippen LogP contribution >= 0.6 is 0 Å². The van der Waals surface area contributed by atoms with Gasteiger partial charge in [0, 0.05) is 5.56 Å². The zero-order valence-electron chi connectivity index (χ0n) is 10.6. The fourth-order valence-corrected chi connectivity index (χ4v) is 1.31. The first kappa shape index (κ1) is 13.8. The third-order valence-corrected chi connectivity index (χ3v) is 2.51. The maximum Gasteiger partial charge on any atom is 0.252 e. The molecule has 6 nitrogen and oxygen atoms in total. The van der Waals surface area contributed by atoms with Gasteiger partial charge in [0.05, 0.1) is 12.6 Å². The Hall–Kier alpha value is -2.24. The Labute approximate surface area is 105 Å². The van der Waals surface area contributed by atoms with Crippen LogP contribution in [0.3, 0.4) is 0 Å². The van der Waals surface area contributed by atoms with Gasteiger partial charge in [-0.05, 0) is 32.0 Å². The summed E-state index contributed by atoms with van der Waals surface area (Å²) in [6.07, 6.45) is 0. The van der Waals surface area contributed by atoms with Crippen molar-refractivity contribution in [1.29, 1.82) is 0 Å². The van der Waals surface area contributed by atoms with Gasteiger partial charge in [0.1, 0.15) is 5.75 Å². The van der Waals surface area contributed by atoms with Gasteiger partial charge in [0.25, 0.3) is 5.91 Å². The highest BCUT2D eigenvalue weighted by molar-refractivity contribution is 6.00. The number of oxime groups is 1. The van der Waals surface area contributed by atoms with Crippen LogP contribution in [0.4, 0.5) is 0 Å². The van der Waals surface area contributed by atoms with Gasteiger partial charge in [0.2, 0.25) is 0 Å². The maximum atomic E-state index is 12.0. The molecule has 0 aromatic heterocycles. The van der Waals surface area contributed by atoms with Crippen LogP contribution in [-0.4, -0.2) is 29.6 Å². The molecule has 1 amide bonds. The van der Waals surface area contributed by atoms with Crippen molar-refractivity contribution in [3.8, 4) is 5.75 Å². The summed E-state index contributed by atoms with van der Waals surface area (Å²) in [5, 5.41) is 14.2. The first-order chi connectivity index (χ1) is 8.40. The second kappa shape index (κ2) is 5.39. The Morgan fingerprint density at radius 1 is 1.50 bits per heavy atom. The number of ether oxygens (including phenoxy) is 1. The average molecular weight is 251 g/mol. The summed E-state index contributed by atoms with van der Waals surface area (Å²) in [5.41, 5.74) is 5.00. The second-order valence-corrected chi connectivity index (χ2v) is 4.30. The third-order valence-electron chi connectivity index (χ3n) is 2.51. The SMILES string of the molecule is COc1cccc(C(=O)NC(C)(C)/C(N)=N/O)c1. The monoisotopic (exact) mass is 251 g/mol. The Bertz CT molecular complexity index is 469. The number of amides is 1. The molecule has 1 aromatic carbocycles. The second-order valence-electron chi connectivity index (χ2n) is 4.30. The third kappa shape index (κ3) is 3.13. The number of methoxy groups -OCH3 is 1. The molecule has 98 valence electrons. The minimum Gasteiger partial charge on any atom is -0.497 e. The molecule has 0 fully saturated rings. The van der Waals surface area contributed by atoms with Gasteiger partial charge in [-0.3, -0.25) is 4.79 Å². The normalized spacial score (nSPS) is 12.1. The molecule has 0 spiro atoms. The number of nitrogens with two attached hydrogens (primary N) is 1. The molecule has 0 aliphatic carbocycles. The Morgan fingerprint density at radius 3 is 2.72 bits per heavy atom. The molecule has 4 N–H and O–H groups in total. The molecule has 1 aromatic rings. The maximum absolute atomic E-state index is 12.0. The van der Waals surface area contributed by atoms with E-state index in [4.69, 9.17) is 15.7 Å². The molecular formula is C12H17N3O3. The molecule has 0 saturated carbocycles. The van der Waals surface area contributed by atoms with E-state index in [1.165, 1.54) is 7.11 Å². The van der Waals surface area contributed by atoms with Crippen molar-refractivity contribution in [3.05, 3.63) is 29.8 Å². The van der Waals surface area contributed by atoms with E-state index >= 15 is 0 Å². The highest BCUT2D eigenvalue weighted by Crippen LogP contribution is 2.13. The number of carbonyl (C=O) groups excluding carboxylic acids is 1. The van der Waals surface area contributed by atoms with Gasteiger partial charge >= 0.3 is 0 Å². The predicted molar refractivity (Wildman–Crippen MR) is 67.9 cm³/mol. The highest BCUT2D eigenvalue weighted by atomic mass is 16.5. The average Bonchev–Trinajstić information content (AvgIpc) is 2.37. The molecule has 0 bridgehead atoms. The first-order valence-electron chi connectivity index (χ1n) is 5.35. The molecule has 6 heteroatoms. The summed E-state index contributed by atoms with van der Waals surface area (Å²) in [7, 11) is 1.53. The molecule has 0 saturated heterocycles. The molecule has 0 aliphatic rings. The molecule has 0 radical (unpaired) electrons. The van der Waals surface area contributed by atoms with Crippen molar-refractivity contribution in [2.45, 2.75) is 19.4 Å². The van der Waals surface area contributed by atoms with Crippen LogP contribution in [0.15, 0.2) is 29.4 Å². The number of amidine groups is 1. The number of nitrogens with one attached hydrogen (secondary N) is 1. The topological polar surface area (TPSA) is 96.9 Å². The summed E-state index contributed by atoms with van der Waals surface area (Å²) in [5.74, 6) is 0.188. The smallest absolute Gasteiger partial charge is 0.252 e. The van der Waals surface area contributed by atoms with Crippen molar-refractivity contribution in [2.24, 2.45) is 10.9 Å². The minimum absolute atomic E-state index is 0.0706. The van der Waals surface area contributed by atoms with E-state index in [1.807, 2.05) is 0 Å². The molecule has 0 unspecified atom stereocenters. The molecule has 0 aliphatic heterocycles. The molecular weight excluding hydrogens is 234 g/mol. The van der Waals surface area contributed by atoms with E-state index in [-0.39, 0.29) is 11.7 Å². The van der Waals surface area contributed by atoms with Gasteiger partial charge in [-0.2, -0.15) is 0 Å². The van der Waals surface area contributed by atoms with Gasteiger partial charge < -0.3 is 21.0 Å². The molecule has 0 heterocycles. The number of hydrogen-bond acceptors (Lipinski definition) is 4. The van der Waals surface area contributed by atoms with Crippen LogP contribution in [0, 0.1) is 0 Å². The Morgan fingerprint density at radius 2 is 2.17 bits per heavy atom. The van der Waals surface area contributed by atoms with Gasteiger partial charge in [-0.15, -0.1) is 0 Å². The van der Waals surface area contributed by atoms with Crippen molar-refractivity contribution in [3.63, 3.8) is 0 Å². The zero-order chi connectivity index (χ0) is 13.8. The van der Waals surface area contributed by atoms with Crippen molar-refractivity contribution >= 4 is 11.7 Å². The van der Waals surface area contributed by atoms with Crippen LogP contribution in [0.25, 0.3) is 0 Å². The number of carbonyl (C=O) groups is 1. The highest BCUT2D eigenvalue weighted by Gasteiger charge is 2.26. The van der Waals surface area contributed by atoms with Crippen LogP contribution in [-0.2, 0) is 0 Å². The molecule has 0 atom stereocenters. The van der Waals surface area contributed by atoms with Crippen molar-refractivity contribution in [1.82, 2.24) is 5.32 Å². The van der Waals surface area contributed by atoms with Gasteiger partial charge in [-0.1, -0.05) is 11.2 Å². The van der Waals surface area contributed by atoms with Gasteiger partial charge in [-0.25, -0.2) is 0 Å². The van der Waals surface area contributed by atoms with Crippen molar-refractivity contribution < 1.29 is 14.7 Å². The largest absolute Gasteiger partial charge is 0.497 e. The Kier molecular flexibility index (Phi) is 4.14. The van der Waals surface area contributed by atoms with Crippen LogP contribution in [0.5, 0.6) is 5.75 Å². The fraction of sp³-hybridized carbons (Fsp3) is 0.333. The van der Waals surface area contributed by atoms with Crippen LogP contribution in [0.2, 0.25) is 0 Å². The van der Waals surface area contributed by atoms with Crippen LogP contribution in [0.1, 0.15) is 24.2 Å². The number of rotatable bonds is 4. The van der Waals surface area contributed by atoms with Crippen molar-refractivity contribution in [2.75, 3.05) is 7.11 Å². The number of hydrogen-bond donors (Lipinski definition) is 3. The summed E-state index contributed by atoms with van der Waals surface area (Å²) in [6.45, 7) is 3.28. The lowest BCUT2D eigenvalue weighted by atomic mass is 10.0. The number of nitrogens with zero attached hydrogens (tertiary/aromatic N) is 1. The molecule has 1 rings (SSSR count). The van der Waals surface area contributed by atoms with E-state index in [1.54, 1.807) is 38.1 Å². The first-order valence-corrected chi connectivity index (χ1v) is 5.35. The summed E-state index contributed by atoms with van der Waals surface area (Å²) >= 11 is 0. The standard InChI is InChI=1S/C12H17N3O3/c1-12(2,11(13)15-17)14-10(16)8-5-4-6-9(7-8)18-3/h4-7,17H,1-3H3,(H2,13,15)(H,14,16). The summed E-state index contributed by atoms with van der Waals surface area (Å²) < 4.78 is 5.04. The summed E-state index contributed by atoms with van der Waals surface area (Å²) in [4.78, 5) is 12.0. The predicted octanol–water partition coefficient (Wildman–Crippen LogP) is 0.950. The number of benzene rings is 1. The lowest BCUT2D eigenvalue weighted by Gasteiger charge is -2.24. The quantitative estimate of drug-likeness (QED) is 0.321. The molecule has 18 heavy (non-hydrogen) atoms. The minimum atomic E-state index is -0.936. The van der Waals surface area contributed by atoms with Gasteiger partial charge in [0.15, 0.2) is 5.84 Å². The Balaban J connectivity index is 2.88. The lowest BCUT2D eigenvalue weighted by Crippen LogP contribution is -2.53. The lowest BCUT2D eigenvalue weighted by molar-refractivity contribution is 0.0930.